The molecule has 0 aliphatic heterocycles. The van der Waals surface area contributed by atoms with Gasteiger partial charge in [0.2, 0.25) is 0 Å². The second-order valence-corrected chi connectivity index (χ2v) is 3.79. The quantitative estimate of drug-likeness (QED) is 0.526. The van der Waals surface area contributed by atoms with Crippen LogP contribution in [-0.2, 0) is 6.54 Å². The molecule has 0 spiro atoms. The van der Waals surface area contributed by atoms with Crippen LogP contribution in [0, 0.1) is 0 Å². The molecule has 0 aliphatic carbocycles. The van der Waals surface area contributed by atoms with Crippen LogP contribution in [0.3, 0.4) is 0 Å². The highest BCUT2D eigenvalue weighted by molar-refractivity contribution is 5.23. The SMILES string of the molecule is Nc1nn2cccnc2[n+]1Cc1ccccc1.[Cl-]. The van der Waals surface area contributed by atoms with Gasteiger partial charge in [-0.05, 0) is 11.6 Å². The van der Waals surface area contributed by atoms with E-state index in [1.807, 2.05) is 35.0 Å². The number of benzene rings is 1. The molecule has 0 amide bonds. The lowest BCUT2D eigenvalue weighted by Crippen LogP contribution is -3.00. The number of hydrogen-bond acceptors (Lipinski definition) is 3. The van der Waals surface area contributed by atoms with E-state index in [0.717, 1.165) is 5.78 Å². The van der Waals surface area contributed by atoms with E-state index in [0.29, 0.717) is 12.5 Å². The number of aromatic nitrogens is 4. The van der Waals surface area contributed by atoms with Crippen LogP contribution in [-0.4, -0.2) is 14.6 Å². The van der Waals surface area contributed by atoms with Crippen molar-refractivity contribution in [1.82, 2.24) is 14.6 Å². The Morgan fingerprint density at radius 1 is 1.17 bits per heavy atom. The third kappa shape index (κ3) is 2.12. The maximum absolute atomic E-state index is 5.89. The van der Waals surface area contributed by atoms with Crippen molar-refractivity contribution in [3.8, 4) is 0 Å². The van der Waals surface area contributed by atoms with Gasteiger partial charge in [0.25, 0.3) is 0 Å². The largest absolute Gasteiger partial charge is 1.00 e. The molecular formula is C12H12ClN5. The van der Waals surface area contributed by atoms with Crippen molar-refractivity contribution in [2.45, 2.75) is 6.54 Å². The summed E-state index contributed by atoms with van der Waals surface area (Å²) in [6.45, 7) is 0.674. The number of fused-ring (bicyclic) bond motifs is 1. The van der Waals surface area contributed by atoms with E-state index in [-0.39, 0.29) is 12.4 Å². The molecule has 3 rings (SSSR count). The average Bonchev–Trinajstić information content (AvgIpc) is 2.68. The Labute approximate surface area is 110 Å². The van der Waals surface area contributed by atoms with E-state index in [9.17, 15) is 0 Å². The highest BCUT2D eigenvalue weighted by Crippen LogP contribution is 2.01. The lowest BCUT2D eigenvalue weighted by atomic mass is 10.2. The zero-order chi connectivity index (χ0) is 11.7. The fraction of sp³-hybridized carbons (Fsp3) is 0.0833. The van der Waals surface area contributed by atoms with Gasteiger partial charge in [0, 0.05) is 5.10 Å². The Kier molecular flexibility index (Phi) is 3.43. The summed E-state index contributed by atoms with van der Waals surface area (Å²) in [4.78, 5) is 4.28. The maximum Gasteiger partial charge on any atom is 0.358 e. The molecule has 18 heavy (non-hydrogen) atoms. The van der Waals surface area contributed by atoms with E-state index in [2.05, 4.69) is 22.2 Å². The van der Waals surface area contributed by atoms with Gasteiger partial charge in [-0.3, -0.25) is 0 Å². The van der Waals surface area contributed by atoms with Crippen molar-refractivity contribution < 1.29 is 17.0 Å². The number of nitrogens with two attached hydrogens (primary N) is 1. The maximum atomic E-state index is 5.89. The smallest absolute Gasteiger partial charge is 0.358 e. The third-order valence-electron chi connectivity index (χ3n) is 2.62. The fourth-order valence-electron chi connectivity index (χ4n) is 1.81. The van der Waals surface area contributed by atoms with Crippen LogP contribution in [0.1, 0.15) is 5.56 Å². The predicted octanol–water partition coefficient (Wildman–Crippen LogP) is -2.35. The molecule has 2 N–H and O–H groups in total. The molecule has 6 heteroatoms. The van der Waals surface area contributed by atoms with Crippen molar-refractivity contribution in [2.24, 2.45) is 0 Å². The summed E-state index contributed by atoms with van der Waals surface area (Å²) in [5.74, 6) is 1.21. The number of nitrogen functional groups attached to an aromatic ring is 1. The molecule has 2 heterocycles. The molecule has 3 aromatic rings. The van der Waals surface area contributed by atoms with Crippen LogP contribution in [0.5, 0.6) is 0 Å². The van der Waals surface area contributed by atoms with E-state index in [1.54, 1.807) is 10.7 Å². The molecule has 0 aliphatic rings. The van der Waals surface area contributed by atoms with Crippen LogP contribution < -0.4 is 22.7 Å². The highest BCUT2D eigenvalue weighted by atomic mass is 35.5. The molecule has 0 unspecified atom stereocenters. The topological polar surface area (TPSA) is 60.1 Å². The number of rotatable bonds is 2. The van der Waals surface area contributed by atoms with Gasteiger partial charge in [-0.2, -0.15) is 0 Å². The van der Waals surface area contributed by atoms with Gasteiger partial charge >= 0.3 is 11.7 Å². The molecule has 0 saturated heterocycles. The summed E-state index contributed by atoms with van der Waals surface area (Å²) < 4.78 is 3.56. The Morgan fingerprint density at radius 2 is 1.94 bits per heavy atom. The van der Waals surface area contributed by atoms with E-state index in [1.165, 1.54) is 5.56 Å². The Morgan fingerprint density at radius 3 is 2.72 bits per heavy atom. The molecule has 2 aromatic heterocycles. The molecular weight excluding hydrogens is 250 g/mol. The Hall–Kier alpha value is -2.14. The monoisotopic (exact) mass is 261 g/mol. The molecule has 5 nitrogen and oxygen atoms in total. The van der Waals surface area contributed by atoms with Gasteiger partial charge in [-0.25, -0.2) is 4.57 Å². The van der Waals surface area contributed by atoms with Crippen molar-refractivity contribution in [3.05, 3.63) is 54.4 Å². The van der Waals surface area contributed by atoms with Gasteiger partial charge in [-0.1, -0.05) is 30.3 Å². The minimum Gasteiger partial charge on any atom is -1.00 e. The lowest BCUT2D eigenvalue weighted by Gasteiger charge is -1.99. The molecule has 0 atom stereocenters. The highest BCUT2D eigenvalue weighted by Gasteiger charge is 2.15. The van der Waals surface area contributed by atoms with Crippen LogP contribution >= 0.6 is 0 Å². The summed E-state index contributed by atoms with van der Waals surface area (Å²) in [5.41, 5.74) is 7.06. The lowest BCUT2D eigenvalue weighted by molar-refractivity contribution is -0.650. The Bertz CT molecular complexity index is 650. The first kappa shape index (κ1) is 12.3. The average molecular weight is 262 g/mol. The van der Waals surface area contributed by atoms with E-state index >= 15 is 0 Å². The minimum atomic E-state index is 0. The minimum absolute atomic E-state index is 0. The van der Waals surface area contributed by atoms with Crippen molar-refractivity contribution in [1.29, 1.82) is 0 Å². The predicted molar refractivity (Wildman–Crippen MR) is 63.1 cm³/mol. The Balaban J connectivity index is 0.00000120. The summed E-state index contributed by atoms with van der Waals surface area (Å²) in [6.07, 6.45) is 3.57. The number of hydrogen-bond donors (Lipinski definition) is 1. The summed E-state index contributed by atoms with van der Waals surface area (Å²) in [5, 5.41) is 4.20. The molecule has 0 bridgehead atoms. The zero-order valence-electron chi connectivity index (χ0n) is 9.57. The molecule has 0 radical (unpaired) electrons. The summed E-state index contributed by atoms with van der Waals surface area (Å²) >= 11 is 0. The van der Waals surface area contributed by atoms with Crippen molar-refractivity contribution in [3.63, 3.8) is 0 Å². The second-order valence-electron chi connectivity index (χ2n) is 3.79. The standard InChI is InChI=1S/C12H12N5.ClH/c13-11-15-17-8-4-7-14-12(17)16(11)9-10-5-2-1-3-6-10;/h1-8H,9H2,(H2,13,15);1H/q+1;/p-1. The zero-order valence-corrected chi connectivity index (χ0v) is 10.3. The normalized spacial score (nSPS) is 10.2. The van der Waals surface area contributed by atoms with Crippen LogP contribution in [0.4, 0.5) is 5.95 Å². The fourth-order valence-corrected chi connectivity index (χ4v) is 1.81. The number of nitrogens with zero attached hydrogens (tertiary/aromatic N) is 4. The summed E-state index contributed by atoms with van der Waals surface area (Å²) in [6, 6.07) is 11.9. The van der Waals surface area contributed by atoms with Crippen molar-refractivity contribution in [2.75, 3.05) is 5.73 Å². The number of anilines is 1. The first-order valence-electron chi connectivity index (χ1n) is 5.37. The third-order valence-corrected chi connectivity index (χ3v) is 2.62. The van der Waals surface area contributed by atoms with E-state index < -0.39 is 0 Å². The van der Waals surface area contributed by atoms with Gasteiger partial charge in [0.05, 0.1) is 18.9 Å². The molecule has 0 saturated carbocycles. The van der Waals surface area contributed by atoms with Crippen LogP contribution in [0.25, 0.3) is 5.78 Å². The summed E-state index contributed by atoms with van der Waals surface area (Å²) in [7, 11) is 0. The van der Waals surface area contributed by atoms with Crippen molar-refractivity contribution >= 4 is 11.7 Å². The molecule has 1 aromatic carbocycles. The first-order chi connectivity index (χ1) is 8.34. The van der Waals surface area contributed by atoms with Gasteiger partial charge in [0.15, 0.2) is 0 Å². The first-order valence-corrected chi connectivity index (χ1v) is 5.37. The van der Waals surface area contributed by atoms with Gasteiger partial charge in [0.1, 0.15) is 0 Å². The van der Waals surface area contributed by atoms with E-state index in [4.69, 9.17) is 5.73 Å². The van der Waals surface area contributed by atoms with Crippen LogP contribution in [0.15, 0.2) is 48.8 Å². The van der Waals surface area contributed by atoms with Crippen LogP contribution in [0.2, 0.25) is 0 Å². The second kappa shape index (κ2) is 5.01. The van der Waals surface area contributed by atoms with Gasteiger partial charge < -0.3 is 18.1 Å². The van der Waals surface area contributed by atoms with Gasteiger partial charge in [-0.15, -0.1) is 9.50 Å². The molecule has 92 valence electrons. The molecule has 0 fully saturated rings. The number of halogens is 1.